The van der Waals surface area contributed by atoms with Gasteiger partial charge in [0.05, 0.1) is 16.1 Å². The van der Waals surface area contributed by atoms with Gasteiger partial charge in [0.25, 0.3) is 5.69 Å². The number of hydrogen-bond donors (Lipinski definition) is 2. The number of carbonyl (C=O) groups is 1. The van der Waals surface area contributed by atoms with Crippen molar-refractivity contribution < 1.29 is 19.6 Å². The molecule has 0 amide bonds. The summed E-state index contributed by atoms with van der Waals surface area (Å²) in [5.41, 5.74) is 0.987. The summed E-state index contributed by atoms with van der Waals surface area (Å²) in [5.74, 6) is 0.343. The van der Waals surface area contributed by atoms with Crippen molar-refractivity contribution in [2.24, 2.45) is 0 Å². The molecule has 180 valence electrons. The SMILES string of the molecule is N#Cc1c(Nc2ccc(Oc3ccccc3)cc2)nn2cc(-c3cc(C(=O)O)ccc3[N+](=O)[O-])cnc12. The minimum Gasteiger partial charge on any atom is -0.478 e. The van der Waals surface area contributed by atoms with Gasteiger partial charge in [-0.05, 0) is 48.5 Å². The van der Waals surface area contributed by atoms with E-state index >= 15 is 0 Å². The molecule has 0 radical (unpaired) electrons. The third-order valence-corrected chi connectivity index (χ3v) is 5.43. The molecule has 11 heteroatoms. The van der Waals surface area contributed by atoms with E-state index in [1.165, 1.54) is 23.0 Å². The number of para-hydroxylation sites is 1. The van der Waals surface area contributed by atoms with Crippen molar-refractivity contribution in [3.63, 3.8) is 0 Å². The van der Waals surface area contributed by atoms with E-state index in [1.54, 1.807) is 24.3 Å². The van der Waals surface area contributed by atoms with Gasteiger partial charge >= 0.3 is 5.97 Å². The lowest BCUT2D eigenvalue weighted by atomic mass is 10.0. The zero-order valence-electron chi connectivity index (χ0n) is 18.9. The monoisotopic (exact) mass is 492 g/mol. The molecular formula is C26H16N6O5. The van der Waals surface area contributed by atoms with Crippen LogP contribution in [-0.2, 0) is 0 Å². The Labute approximate surface area is 209 Å². The Morgan fingerprint density at radius 3 is 2.49 bits per heavy atom. The van der Waals surface area contributed by atoms with Crippen LogP contribution in [0.5, 0.6) is 11.5 Å². The molecule has 11 nitrogen and oxygen atoms in total. The van der Waals surface area contributed by atoms with E-state index in [2.05, 4.69) is 21.5 Å². The van der Waals surface area contributed by atoms with Crippen LogP contribution in [0.15, 0.2) is 85.2 Å². The molecule has 0 bridgehead atoms. The van der Waals surface area contributed by atoms with E-state index in [1.807, 2.05) is 30.3 Å². The maximum Gasteiger partial charge on any atom is 0.335 e. The normalized spacial score (nSPS) is 10.6. The Hall–Kier alpha value is -5.76. The number of nitriles is 1. The van der Waals surface area contributed by atoms with Crippen LogP contribution >= 0.6 is 0 Å². The van der Waals surface area contributed by atoms with E-state index in [4.69, 9.17) is 4.74 Å². The Morgan fingerprint density at radius 1 is 1.08 bits per heavy atom. The van der Waals surface area contributed by atoms with Crippen LogP contribution in [0.25, 0.3) is 16.8 Å². The molecule has 0 atom stereocenters. The number of nitro groups is 1. The minimum atomic E-state index is -1.22. The Bertz CT molecular complexity index is 1690. The van der Waals surface area contributed by atoms with E-state index in [9.17, 15) is 25.3 Å². The predicted molar refractivity (Wildman–Crippen MR) is 133 cm³/mol. The molecule has 2 aromatic heterocycles. The highest BCUT2D eigenvalue weighted by Crippen LogP contribution is 2.32. The number of ether oxygens (including phenoxy) is 1. The van der Waals surface area contributed by atoms with E-state index in [-0.39, 0.29) is 39.4 Å². The summed E-state index contributed by atoms with van der Waals surface area (Å²) in [6.07, 6.45) is 2.80. The number of carboxylic acid groups (broad SMARTS) is 1. The molecule has 0 spiro atoms. The van der Waals surface area contributed by atoms with Gasteiger partial charge in [0, 0.05) is 29.7 Å². The first-order valence-corrected chi connectivity index (χ1v) is 10.8. The van der Waals surface area contributed by atoms with Crippen molar-refractivity contribution in [3.05, 3.63) is 106 Å². The molecule has 3 aromatic carbocycles. The lowest BCUT2D eigenvalue weighted by molar-refractivity contribution is -0.384. The van der Waals surface area contributed by atoms with Crippen LogP contribution in [0.1, 0.15) is 15.9 Å². The van der Waals surface area contributed by atoms with E-state index in [0.29, 0.717) is 17.2 Å². The van der Waals surface area contributed by atoms with Crippen molar-refractivity contribution in [2.45, 2.75) is 0 Å². The number of nitro benzene ring substituents is 1. The van der Waals surface area contributed by atoms with Gasteiger partial charge in [-0.3, -0.25) is 10.1 Å². The standard InChI is InChI=1S/C26H16N6O5/c27-13-22-24(29-18-7-9-20(10-8-18)37-19-4-2-1-3-5-19)30-31-15-17(14-28-25(22)31)21-12-16(26(33)34)6-11-23(21)32(35)36/h1-12,14-15H,(H,29,30)(H,33,34). The van der Waals surface area contributed by atoms with Gasteiger partial charge in [0.15, 0.2) is 11.5 Å². The van der Waals surface area contributed by atoms with Gasteiger partial charge in [0.1, 0.15) is 23.1 Å². The fourth-order valence-corrected chi connectivity index (χ4v) is 3.69. The molecule has 2 heterocycles. The second kappa shape index (κ2) is 9.47. The van der Waals surface area contributed by atoms with Crippen molar-refractivity contribution in [1.82, 2.24) is 14.6 Å². The van der Waals surface area contributed by atoms with Gasteiger partial charge in [-0.2, -0.15) is 5.26 Å². The molecule has 5 aromatic rings. The topological polar surface area (TPSA) is 156 Å². The third kappa shape index (κ3) is 4.62. The largest absolute Gasteiger partial charge is 0.478 e. The first-order chi connectivity index (χ1) is 17.9. The maximum absolute atomic E-state index is 11.5. The van der Waals surface area contributed by atoms with Gasteiger partial charge in [-0.25, -0.2) is 14.3 Å². The second-order valence-electron chi connectivity index (χ2n) is 7.80. The first kappa shape index (κ1) is 23.0. The molecule has 5 rings (SSSR count). The van der Waals surface area contributed by atoms with Gasteiger partial charge in [-0.1, -0.05) is 18.2 Å². The summed E-state index contributed by atoms with van der Waals surface area (Å²) in [4.78, 5) is 26.6. The average Bonchev–Trinajstić information content (AvgIpc) is 3.26. The molecule has 0 aliphatic rings. The number of aromatic nitrogens is 3. The number of benzene rings is 3. The van der Waals surface area contributed by atoms with Gasteiger partial charge in [-0.15, -0.1) is 5.10 Å². The average molecular weight is 492 g/mol. The van der Waals surface area contributed by atoms with Crippen molar-refractivity contribution in [2.75, 3.05) is 5.32 Å². The third-order valence-electron chi connectivity index (χ3n) is 5.43. The van der Waals surface area contributed by atoms with Crippen molar-refractivity contribution in [1.29, 1.82) is 5.26 Å². The zero-order valence-corrected chi connectivity index (χ0v) is 18.9. The Kier molecular flexibility index (Phi) is 5.89. The van der Waals surface area contributed by atoms with Crippen LogP contribution in [0, 0.1) is 21.4 Å². The second-order valence-corrected chi connectivity index (χ2v) is 7.80. The fourth-order valence-electron chi connectivity index (χ4n) is 3.69. The van der Waals surface area contributed by atoms with Crippen molar-refractivity contribution in [3.8, 4) is 28.7 Å². The number of fused-ring (bicyclic) bond motifs is 1. The quantitative estimate of drug-likeness (QED) is 0.224. The van der Waals surface area contributed by atoms with E-state index < -0.39 is 10.9 Å². The predicted octanol–water partition coefficient (Wildman–Crippen LogP) is 5.41. The first-order valence-electron chi connectivity index (χ1n) is 10.8. The molecule has 0 saturated carbocycles. The number of aromatic carboxylic acids is 1. The molecule has 2 N–H and O–H groups in total. The Morgan fingerprint density at radius 2 is 1.81 bits per heavy atom. The highest BCUT2D eigenvalue weighted by molar-refractivity contribution is 5.91. The van der Waals surface area contributed by atoms with Crippen LogP contribution in [0.3, 0.4) is 0 Å². The molecule has 0 aliphatic heterocycles. The molecule has 0 aliphatic carbocycles. The summed E-state index contributed by atoms with van der Waals surface area (Å²) in [6.45, 7) is 0. The number of carboxylic acids is 1. The van der Waals surface area contributed by atoms with Crippen molar-refractivity contribution >= 4 is 28.8 Å². The Balaban J connectivity index is 1.47. The van der Waals surface area contributed by atoms with E-state index in [0.717, 1.165) is 12.1 Å². The molecule has 0 unspecified atom stereocenters. The van der Waals surface area contributed by atoms with Crippen LogP contribution in [0.4, 0.5) is 17.2 Å². The fraction of sp³-hybridized carbons (Fsp3) is 0. The summed E-state index contributed by atoms with van der Waals surface area (Å²) in [5, 5.41) is 38.0. The summed E-state index contributed by atoms with van der Waals surface area (Å²) >= 11 is 0. The number of nitrogens with one attached hydrogen (secondary N) is 1. The van der Waals surface area contributed by atoms with Crippen LogP contribution in [-0.4, -0.2) is 30.6 Å². The highest BCUT2D eigenvalue weighted by Gasteiger charge is 2.21. The minimum absolute atomic E-state index is 0.0665. The molecule has 0 saturated heterocycles. The summed E-state index contributed by atoms with van der Waals surface area (Å²) in [7, 11) is 0. The zero-order chi connectivity index (χ0) is 25.9. The highest BCUT2D eigenvalue weighted by atomic mass is 16.6. The number of anilines is 2. The molecular weight excluding hydrogens is 476 g/mol. The number of nitrogens with zero attached hydrogens (tertiary/aromatic N) is 5. The number of hydrogen-bond acceptors (Lipinski definition) is 8. The number of rotatable bonds is 7. The smallest absolute Gasteiger partial charge is 0.335 e. The van der Waals surface area contributed by atoms with Crippen LogP contribution < -0.4 is 10.1 Å². The van der Waals surface area contributed by atoms with Crippen LogP contribution in [0.2, 0.25) is 0 Å². The maximum atomic E-state index is 11.5. The van der Waals surface area contributed by atoms with Gasteiger partial charge in [0.2, 0.25) is 0 Å². The lowest BCUT2D eigenvalue weighted by Gasteiger charge is -2.07. The molecule has 37 heavy (non-hydrogen) atoms. The lowest BCUT2D eigenvalue weighted by Crippen LogP contribution is -2.00. The van der Waals surface area contributed by atoms with Gasteiger partial charge < -0.3 is 15.2 Å². The summed E-state index contributed by atoms with van der Waals surface area (Å²) in [6, 6.07) is 22.0. The summed E-state index contributed by atoms with van der Waals surface area (Å²) < 4.78 is 7.11. The molecule has 0 fully saturated rings.